The number of hydrogen-bond acceptors (Lipinski definition) is 4. The van der Waals surface area contributed by atoms with E-state index in [9.17, 15) is 5.11 Å². The first-order valence-corrected chi connectivity index (χ1v) is 5.39. The van der Waals surface area contributed by atoms with Gasteiger partial charge in [-0.2, -0.15) is 0 Å². The van der Waals surface area contributed by atoms with Crippen LogP contribution in [0.5, 0.6) is 0 Å². The first-order chi connectivity index (χ1) is 7.30. The zero-order valence-corrected chi connectivity index (χ0v) is 10.8. The summed E-state index contributed by atoms with van der Waals surface area (Å²) < 4.78 is 0. The molecule has 0 fully saturated rings. The summed E-state index contributed by atoms with van der Waals surface area (Å²) >= 11 is 5.64. The standard InChI is InChI=1S/C11H20ClN3O/c1-5-8(15-10(12)6-13)9(16)7-14-11(2,3)4/h5-6,9,14,16H,1,7,13H2,2-4H3/b10-6-,15-8?. The first-order valence-electron chi connectivity index (χ1n) is 5.01. The Kier molecular flexibility index (Phi) is 6.33. The van der Waals surface area contributed by atoms with E-state index in [-0.39, 0.29) is 10.7 Å². The number of nitrogens with zero attached hydrogens (tertiary/aromatic N) is 1. The van der Waals surface area contributed by atoms with Gasteiger partial charge in [-0.1, -0.05) is 18.2 Å². The molecule has 0 aliphatic heterocycles. The van der Waals surface area contributed by atoms with Gasteiger partial charge in [-0.3, -0.25) is 0 Å². The van der Waals surface area contributed by atoms with Crippen LogP contribution in [0.2, 0.25) is 0 Å². The van der Waals surface area contributed by atoms with E-state index in [4.69, 9.17) is 17.3 Å². The minimum absolute atomic E-state index is 0.0687. The number of aliphatic imine (C=N–C) groups is 1. The molecule has 0 spiro atoms. The highest BCUT2D eigenvalue weighted by Gasteiger charge is 2.15. The lowest BCUT2D eigenvalue weighted by Gasteiger charge is -2.22. The molecule has 0 aliphatic carbocycles. The van der Waals surface area contributed by atoms with E-state index < -0.39 is 6.10 Å². The predicted molar refractivity (Wildman–Crippen MR) is 69.5 cm³/mol. The molecule has 0 heterocycles. The Morgan fingerprint density at radius 1 is 1.62 bits per heavy atom. The molecule has 1 unspecified atom stereocenters. The number of nitrogens with one attached hydrogen (secondary N) is 1. The number of rotatable bonds is 5. The number of hydrogen-bond donors (Lipinski definition) is 3. The summed E-state index contributed by atoms with van der Waals surface area (Å²) in [6.45, 7) is 9.98. The van der Waals surface area contributed by atoms with Crippen molar-refractivity contribution in [2.75, 3.05) is 6.54 Å². The molecule has 4 N–H and O–H groups in total. The quantitative estimate of drug-likeness (QED) is 0.506. The van der Waals surface area contributed by atoms with E-state index in [1.54, 1.807) is 0 Å². The van der Waals surface area contributed by atoms with Gasteiger partial charge >= 0.3 is 0 Å². The predicted octanol–water partition coefficient (Wildman–Crippen LogP) is 1.36. The number of halogens is 1. The highest BCUT2D eigenvalue weighted by Crippen LogP contribution is 2.05. The highest BCUT2D eigenvalue weighted by molar-refractivity contribution is 6.30. The molecule has 0 aromatic rings. The van der Waals surface area contributed by atoms with Crippen LogP contribution in [0.4, 0.5) is 0 Å². The third-order valence-corrected chi connectivity index (χ3v) is 1.96. The Morgan fingerprint density at radius 2 is 2.19 bits per heavy atom. The van der Waals surface area contributed by atoms with Crippen molar-refractivity contribution in [2.45, 2.75) is 32.4 Å². The van der Waals surface area contributed by atoms with E-state index in [2.05, 4.69) is 16.9 Å². The molecular weight excluding hydrogens is 226 g/mol. The molecule has 0 saturated carbocycles. The lowest BCUT2D eigenvalue weighted by atomic mass is 10.1. The number of aliphatic hydroxyl groups excluding tert-OH is 1. The number of aliphatic hydroxyl groups is 1. The normalized spacial score (nSPS) is 16.1. The average Bonchev–Trinajstić information content (AvgIpc) is 2.21. The Balaban J connectivity index is 4.50. The maximum absolute atomic E-state index is 9.83. The molecule has 0 aromatic heterocycles. The maximum atomic E-state index is 9.83. The van der Waals surface area contributed by atoms with Crippen LogP contribution in [-0.4, -0.2) is 29.0 Å². The number of nitrogens with two attached hydrogens (primary N) is 1. The van der Waals surface area contributed by atoms with Crippen LogP contribution in [0.25, 0.3) is 0 Å². The first kappa shape index (κ1) is 15.2. The topological polar surface area (TPSA) is 70.6 Å². The van der Waals surface area contributed by atoms with Crippen molar-refractivity contribution in [1.29, 1.82) is 0 Å². The van der Waals surface area contributed by atoms with Gasteiger partial charge in [0.2, 0.25) is 0 Å². The van der Waals surface area contributed by atoms with Crippen LogP contribution in [0.3, 0.4) is 0 Å². The van der Waals surface area contributed by atoms with Crippen LogP contribution >= 0.6 is 11.6 Å². The molecule has 16 heavy (non-hydrogen) atoms. The van der Waals surface area contributed by atoms with Crippen molar-refractivity contribution < 1.29 is 5.11 Å². The van der Waals surface area contributed by atoms with Crippen molar-refractivity contribution >= 4 is 17.3 Å². The SMILES string of the molecule is C=CC(=N/C(Cl)=C\N)C(O)CNC(C)(C)C. The van der Waals surface area contributed by atoms with Gasteiger partial charge < -0.3 is 16.2 Å². The second kappa shape index (κ2) is 6.68. The molecule has 4 nitrogen and oxygen atoms in total. The average molecular weight is 246 g/mol. The van der Waals surface area contributed by atoms with Gasteiger partial charge in [0.25, 0.3) is 0 Å². The number of β-amino-alcohol motifs (C(OH)–C–C–N with tert-alkyl or cyclic N) is 1. The molecule has 0 radical (unpaired) electrons. The lowest BCUT2D eigenvalue weighted by molar-refractivity contribution is 0.222. The third-order valence-electron chi connectivity index (χ3n) is 1.75. The Bertz CT molecular complexity index is 292. The van der Waals surface area contributed by atoms with Gasteiger partial charge in [-0.25, -0.2) is 4.99 Å². The van der Waals surface area contributed by atoms with E-state index in [1.165, 1.54) is 6.08 Å². The van der Waals surface area contributed by atoms with E-state index in [0.29, 0.717) is 12.3 Å². The molecular formula is C11H20ClN3O. The van der Waals surface area contributed by atoms with E-state index >= 15 is 0 Å². The van der Waals surface area contributed by atoms with Gasteiger partial charge in [0.05, 0.1) is 5.71 Å². The van der Waals surface area contributed by atoms with Crippen LogP contribution in [-0.2, 0) is 0 Å². The van der Waals surface area contributed by atoms with E-state index in [0.717, 1.165) is 6.20 Å². The second-order valence-electron chi connectivity index (χ2n) is 4.38. The van der Waals surface area contributed by atoms with Crippen LogP contribution in [0.1, 0.15) is 20.8 Å². The van der Waals surface area contributed by atoms with Crippen LogP contribution in [0.15, 0.2) is 29.0 Å². The Labute approximate surface area is 102 Å². The molecule has 0 bridgehead atoms. The smallest absolute Gasteiger partial charge is 0.144 e. The summed E-state index contributed by atoms with van der Waals surface area (Å²) in [6, 6.07) is 0. The summed E-state index contributed by atoms with van der Waals surface area (Å²) in [7, 11) is 0. The summed E-state index contributed by atoms with van der Waals surface area (Å²) in [5.74, 6) is 0. The highest BCUT2D eigenvalue weighted by atomic mass is 35.5. The van der Waals surface area contributed by atoms with Crippen molar-refractivity contribution in [2.24, 2.45) is 10.7 Å². The fraction of sp³-hybridized carbons (Fsp3) is 0.545. The minimum Gasteiger partial charge on any atom is -0.402 e. The Morgan fingerprint density at radius 3 is 2.56 bits per heavy atom. The van der Waals surface area contributed by atoms with Gasteiger partial charge in [0.1, 0.15) is 11.3 Å². The molecule has 0 amide bonds. The van der Waals surface area contributed by atoms with Gasteiger partial charge in [-0.15, -0.1) is 0 Å². The third kappa shape index (κ3) is 6.61. The van der Waals surface area contributed by atoms with Crippen molar-refractivity contribution in [3.05, 3.63) is 24.0 Å². The summed E-state index contributed by atoms with van der Waals surface area (Å²) in [5, 5.41) is 13.1. The molecule has 5 heteroatoms. The molecule has 0 aromatic carbocycles. The zero-order chi connectivity index (χ0) is 12.8. The molecule has 0 saturated heterocycles. The Hall–Kier alpha value is -0.840. The molecule has 1 atom stereocenters. The summed E-state index contributed by atoms with van der Waals surface area (Å²) in [5.41, 5.74) is 5.51. The largest absolute Gasteiger partial charge is 0.402 e. The van der Waals surface area contributed by atoms with Gasteiger partial charge in [0, 0.05) is 18.3 Å². The lowest BCUT2D eigenvalue weighted by Crippen LogP contribution is -2.43. The zero-order valence-electron chi connectivity index (χ0n) is 10.00. The summed E-state index contributed by atoms with van der Waals surface area (Å²) in [6.07, 6.45) is 1.86. The fourth-order valence-electron chi connectivity index (χ4n) is 0.924. The van der Waals surface area contributed by atoms with Crippen molar-refractivity contribution in [1.82, 2.24) is 5.32 Å². The maximum Gasteiger partial charge on any atom is 0.144 e. The van der Waals surface area contributed by atoms with Crippen molar-refractivity contribution in [3.63, 3.8) is 0 Å². The molecule has 0 rings (SSSR count). The molecule has 92 valence electrons. The van der Waals surface area contributed by atoms with Crippen LogP contribution in [0, 0.1) is 0 Å². The van der Waals surface area contributed by atoms with Gasteiger partial charge in [-0.05, 0) is 26.8 Å². The summed E-state index contributed by atoms with van der Waals surface area (Å²) in [4.78, 5) is 3.92. The van der Waals surface area contributed by atoms with Crippen LogP contribution < -0.4 is 11.1 Å². The fourth-order valence-corrected chi connectivity index (χ4v) is 1.02. The monoisotopic (exact) mass is 245 g/mol. The van der Waals surface area contributed by atoms with Crippen molar-refractivity contribution in [3.8, 4) is 0 Å². The van der Waals surface area contributed by atoms with Gasteiger partial charge in [0.15, 0.2) is 0 Å². The van der Waals surface area contributed by atoms with E-state index in [1.807, 2.05) is 20.8 Å². The molecule has 0 aliphatic rings. The minimum atomic E-state index is -0.759. The second-order valence-corrected chi connectivity index (χ2v) is 4.76.